The first kappa shape index (κ1) is 40.5. The van der Waals surface area contributed by atoms with E-state index < -0.39 is 0 Å². The number of nitrogens with zero attached hydrogens (tertiary/aromatic N) is 2. The number of pyridine rings is 1. The maximum absolute atomic E-state index is 6.22. The Bertz CT molecular complexity index is 3900. The van der Waals surface area contributed by atoms with E-state index in [1.165, 1.54) is 44.5 Å². The SMILES string of the molecule is CC1(C)c2ccccc2-c2ccc(N(c3ccc(-c4ccc(-c5ccccc5)cc4)cc3)c3ccc(-c4cc(-c5ccccc5-c5ccc6oc7ccccc7c6c5)c5ccccc5n4)cc3)cc21. The van der Waals surface area contributed by atoms with Crippen LogP contribution in [0.2, 0.25) is 0 Å². The first-order valence-corrected chi connectivity index (χ1v) is 23.8. The number of para-hydroxylation sites is 2. The lowest BCUT2D eigenvalue weighted by Crippen LogP contribution is -2.16. The van der Waals surface area contributed by atoms with E-state index in [-0.39, 0.29) is 5.41 Å². The highest BCUT2D eigenvalue weighted by Crippen LogP contribution is 2.51. The van der Waals surface area contributed by atoms with Gasteiger partial charge in [-0.25, -0.2) is 4.98 Å². The van der Waals surface area contributed by atoms with Crippen molar-refractivity contribution in [1.82, 2.24) is 4.98 Å². The summed E-state index contributed by atoms with van der Waals surface area (Å²) in [5.74, 6) is 0. The van der Waals surface area contributed by atoms with Crippen LogP contribution in [-0.2, 0) is 5.41 Å². The number of fused-ring (bicyclic) bond motifs is 7. The zero-order valence-corrected chi connectivity index (χ0v) is 38.4. The second-order valence-corrected chi connectivity index (χ2v) is 18.7. The van der Waals surface area contributed by atoms with Crippen molar-refractivity contribution in [3.8, 4) is 66.9 Å². The summed E-state index contributed by atoms with van der Waals surface area (Å²) in [6, 6.07) is 87.5. The molecular weight excluding hydrogens is 837 g/mol. The van der Waals surface area contributed by atoms with Gasteiger partial charge in [-0.2, -0.15) is 0 Å². The van der Waals surface area contributed by atoms with Gasteiger partial charge in [0.15, 0.2) is 0 Å². The van der Waals surface area contributed by atoms with Gasteiger partial charge in [-0.05, 0) is 133 Å². The van der Waals surface area contributed by atoms with E-state index in [9.17, 15) is 0 Å². The van der Waals surface area contributed by atoms with Crippen LogP contribution in [0.4, 0.5) is 17.1 Å². The molecule has 1 aliphatic rings. The molecule has 1 aliphatic carbocycles. The lowest BCUT2D eigenvalue weighted by molar-refractivity contribution is 0.660. The van der Waals surface area contributed by atoms with E-state index in [4.69, 9.17) is 9.40 Å². The number of hydrogen-bond donors (Lipinski definition) is 0. The van der Waals surface area contributed by atoms with Crippen molar-refractivity contribution in [1.29, 1.82) is 0 Å². The molecule has 69 heavy (non-hydrogen) atoms. The molecule has 13 rings (SSSR count). The Morgan fingerprint density at radius 1 is 0.333 bits per heavy atom. The van der Waals surface area contributed by atoms with Gasteiger partial charge in [0.05, 0.1) is 11.2 Å². The highest BCUT2D eigenvalue weighted by atomic mass is 16.3. The fourth-order valence-corrected chi connectivity index (χ4v) is 10.8. The Morgan fingerprint density at radius 2 is 0.855 bits per heavy atom. The van der Waals surface area contributed by atoms with Gasteiger partial charge < -0.3 is 9.32 Å². The number of anilines is 3. The predicted octanol–water partition coefficient (Wildman–Crippen LogP) is 18.2. The molecule has 0 atom stereocenters. The summed E-state index contributed by atoms with van der Waals surface area (Å²) >= 11 is 0. The van der Waals surface area contributed by atoms with Gasteiger partial charge in [0.25, 0.3) is 0 Å². The summed E-state index contributed by atoms with van der Waals surface area (Å²) in [4.78, 5) is 7.69. The van der Waals surface area contributed by atoms with Gasteiger partial charge in [0.1, 0.15) is 11.2 Å². The summed E-state index contributed by atoms with van der Waals surface area (Å²) in [6.07, 6.45) is 0. The number of furan rings is 1. The van der Waals surface area contributed by atoms with Crippen molar-refractivity contribution in [2.24, 2.45) is 0 Å². The quantitative estimate of drug-likeness (QED) is 0.152. The van der Waals surface area contributed by atoms with Gasteiger partial charge in [-0.1, -0.05) is 190 Å². The lowest BCUT2D eigenvalue weighted by atomic mass is 9.82. The monoisotopic (exact) mass is 882 g/mol. The van der Waals surface area contributed by atoms with E-state index in [2.05, 4.69) is 249 Å². The standard InChI is InChI=1S/C66H46N2O/c1-66(2)60-21-11-8-18-54(60)55-38-37-51(41-61(55)66)68(49-33-28-46(29-34-49)45-26-24-44(25-27-45)43-14-4-3-5-15-43)50-35-30-47(31-36-50)63-42-58(56-19-9-12-22-62(56)67-63)53-17-7-6-16-52(53)48-32-39-65-59(40-48)57-20-10-13-23-64(57)69-65/h3-42H,1-2H3. The number of hydrogen-bond acceptors (Lipinski definition) is 3. The Morgan fingerprint density at radius 3 is 1.59 bits per heavy atom. The second kappa shape index (κ2) is 16.2. The van der Waals surface area contributed by atoms with Crippen LogP contribution >= 0.6 is 0 Å². The smallest absolute Gasteiger partial charge is 0.135 e. The van der Waals surface area contributed by atoms with E-state index in [1.54, 1.807) is 0 Å². The molecule has 0 saturated heterocycles. The first-order chi connectivity index (χ1) is 33.9. The Hall–Kier alpha value is -8.79. The number of aromatic nitrogens is 1. The molecule has 0 amide bonds. The summed E-state index contributed by atoms with van der Waals surface area (Å²) in [7, 11) is 0. The highest BCUT2D eigenvalue weighted by Gasteiger charge is 2.35. The van der Waals surface area contributed by atoms with Crippen LogP contribution in [0.5, 0.6) is 0 Å². The zero-order valence-electron chi connectivity index (χ0n) is 38.4. The highest BCUT2D eigenvalue weighted by molar-refractivity contribution is 6.07. The normalized spacial score (nSPS) is 12.6. The molecule has 0 N–H and O–H groups in total. The van der Waals surface area contributed by atoms with E-state index in [0.29, 0.717) is 0 Å². The van der Waals surface area contributed by atoms with Crippen LogP contribution in [0.3, 0.4) is 0 Å². The molecule has 12 aromatic rings. The molecule has 0 fully saturated rings. The molecule has 10 aromatic carbocycles. The van der Waals surface area contributed by atoms with Crippen LogP contribution in [0.15, 0.2) is 247 Å². The van der Waals surface area contributed by atoms with Crippen molar-refractivity contribution in [2.45, 2.75) is 19.3 Å². The first-order valence-electron chi connectivity index (χ1n) is 23.8. The molecule has 0 bridgehead atoms. The molecule has 0 saturated carbocycles. The molecule has 0 spiro atoms. The Balaban J connectivity index is 0.893. The topological polar surface area (TPSA) is 29.3 Å². The zero-order chi connectivity index (χ0) is 46.1. The largest absolute Gasteiger partial charge is 0.456 e. The number of benzene rings is 10. The van der Waals surface area contributed by atoms with Crippen molar-refractivity contribution >= 4 is 49.9 Å². The minimum atomic E-state index is -0.133. The molecule has 3 heteroatoms. The third-order valence-electron chi connectivity index (χ3n) is 14.3. The van der Waals surface area contributed by atoms with Gasteiger partial charge in [0, 0.05) is 44.2 Å². The van der Waals surface area contributed by atoms with Crippen molar-refractivity contribution in [2.75, 3.05) is 4.90 Å². The molecule has 3 nitrogen and oxygen atoms in total. The van der Waals surface area contributed by atoms with E-state index in [1.807, 2.05) is 12.1 Å². The van der Waals surface area contributed by atoms with Gasteiger partial charge in [0.2, 0.25) is 0 Å². The fraction of sp³-hybridized carbons (Fsp3) is 0.0455. The third kappa shape index (κ3) is 6.93. The summed E-state index contributed by atoms with van der Waals surface area (Å²) in [5, 5.41) is 3.35. The second-order valence-electron chi connectivity index (χ2n) is 18.7. The summed E-state index contributed by atoms with van der Waals surface area (Å²) in [5.41, 5.74) is 22.6. The predicted molar refractivity (Wildman–Crippen MR) is 288 cm³/mol. The summed E-state index contributed by atoms with van der Waals surface area (Å²) in [6.45, 7) is 4.70. The molecule has 2 aromatic heterocycles. The minimum absolute atomic E-state index is 0.133. The molecule has 326 valence electrons. The van der Waals surface area contributed by atoms with Crippen LogP contribution in [-0.4, -0.2) is 4.98 Å². The molecule has 0 aliphatic heterocycles. The van der Waals surface area contributed by atoms with Gasteiger partial charge in [-0.3, -0.25) is 0 Å². The Kier molecular flexibility index (Phi) is 9.52. The Labute approximate surface area is 402 Å². The molecule has 0 unspecified atom stereocenters. The van der Waals surface area contributed by atoms with Crippen LogP contribution < -0.4 is 4.90 Å². The average Bonchev–Trinajstić information content (AvgIpc) is 3.90. The van der Waals surface area contributed by atoms with E-state index in [0.717, 1.165) is 83.4 Å². The lowest BCUT2D eigenvalue weighted by Gasteiger charge is -2.28. The van der Waals surface area contributed by atoms with Crippen LogP contribution in [0.1, 0.15) is 25.0 Å². The average molecular weight is 883 g/mol. The maximum atomic E-state index is 6.22. The van der Waals surface area contributed by atoms with Gasteiger partial charge >= 0.3 is 0 Å². The van der Waals surface area contributed by atoms with Crippen molar-refractivity contribution in [3.63, 3.8) is 0 Å². The van der Waals surface area contributed by atoms with Crippen molar-refractivity contribution < 1.29 is 4.42 Å². The molecular formula is C66H46N2O. The van der Waals surface area contributed by atoms with Crippen molar-refractivity contribution in [3.05, 3.63) is 254 Å². The van der Waals surface area contributed by atoms with Crippen LogP contribution in [0.25, 0.3) is 99.7 Å². The molecule has 2 heterocycles. The van der Waals surface area contributed by atoms with Crippen LogP contribution in [0, 0.1) is 0 Å². The fourth-order valence-electron chi connectivity index (χ4n) is 10.8. The summed E-state index contributed by atoms with van der Waals surface area (Å²) < 4.78 is 6.22. The van der Waals surface area contributed by atoms with E-state index >= 15 is 0 Å². The number of rotatable bonds is 8. The molecule has 0 radical (unpaired) electrons. The third-order valence-corrected chi connectivity index (χ3v) is 14.3. The maximum Gasteiger partial charge on any atom is 0.135 e. The van der Waals surface area contributed by atoms with Gasteiger partial charge in [-0.15, -0.1) is 0 Å². The minimum Gasteiger partial charge on any atom is -0.456 e.